The van der Waals surface area contributed by atoms with Gasteiger partial charge in [0.05, 0.1) is 12.0 Å². The molecule has 0 saturated carbocycles. The molecule has 2 heterocycles. The highest BCUT2D eigenvalue weighted by molar-refractivity contribution is 5.81. The number of hydrogen-bond acceptors (Lipinski definition) is 4. The summed E-state index contributed by atoms with van der Waals surface area (Å²) in [5.41, 5.74) is 0. The van der Waals surface area contributed by atoms with Gasteiger partial charge in [-0.1, -0.05) is 0 Å². The summed E-state index contributed by atoms with van der Waals surface area (Å²) in [7, 11) is 0. The largest absolute Gasteiger partial charge is 0.379 e. The number of amides is 2. The number of nitrogens with one attached hydrogen (secondary N) is 2. The van der Waals surface area contributed by atoms with E-state index >= 15 is 0 Å². The Kier molecular flexibility index (Phi) is 7.99. The van der Waals surface area contributed by atoms with Gasteiger partial charge in [-0.2, -0.15) is 0 Å². The molecule has 0 bridgehead atoms. The molecule has 0 radical (unpaired) electrons. The van der Waals surface area contributed by atoms with Crippen molar-refractivity contribution in [1.29, 1.82) is 0 Å². The molecule has 1 unspecified atom stereocenters. The van der Waals surface area contributed by atoms with Gasteiger partial charge in [-0.15, -0.1) is 0 Å². The van der Waals surface area contributed by atoms with Crippen molar-refractivity contribution in [1.82, 2.24) is 15.5 Å². The molecule has 0 aromatic heterocycles. The molecule has 0 aliphatic carbocycles. The molecule has 2 aliphatic heterocycles. The lowest BCUT2D eigenvalue weighted by molar-refractivity contribution is -0.139. The van der Waals surface area contributed by atoms with Gasteiger partial charge in [0, 0.05) is 38.7 Å². The van der Waals surface area contributed by atoms with Crippen molar-refractivity contribution in [3.8, 4) is 0 Å². The van der Waals surface area contributed by atoms with Crippen molar-refractivity contribution in [3.63, 3.8) is 0 Å². The quantitative estimate of drug-likeness (QED) is 0.683. The molecule has 0 aromatic carbocycles. The van der Waals surface area contributed by atoms with Crippen LogP contribution in [0.1, 0.15) is 46.0 Å². The van der Waals surface area contributed by atoms with Crippen LogP contribution in [0.2, 0.25) is 0 Å². The van der Waals surface area contributed by atoms with Crippen molar-refractivity contribution >= 4 is 11.8 Å². The van der Waals surface area contributed by atoms with E-state index in [0.29, 0.717) is 26.2 Å². The zero-order valence-electron chi connectivity index (χ0n) is 15.2. The molecule has 2 N–H and O–H groups in total. The number of hydrogen-bond donors (Lipinski definition) is 2. The first-order valence-corrected chi connectivity index (χ1v) is 9.46. The molecule has 6 heteroatoms. The molecule has 1 atom stereocenters. The van der Waals surface area contributed by atoms with E-state index in [0.717, 1.165) is 45.2 Å². The topological polar surface area (TPSA) is 70.7 Å². The van der Waals surface area contributed by atoms with Gasteiger partial charge in [-0.25, -0.2) is 0 Å². The highest BCUT2D eigenvalue weighted by Crippen LogP contribution is 2.21. The summed E-state index contributed by atoms with van der Waals surface area (Å²) in [6.45, 7) is 8.62. The van der Waals surface area contributed by atoms with Crippen molar-refractivity contribution < 1.29 is 14.3 Å². The molecule has 6 nitrogen and oxygen atoms in total. The number of carbonyl (C=O) groups is 2. The van der Waals surface area contributed by atoms with Crippen molar-refractivity contribution in [3.05, 3.63) is 0 Å². The van der Waals surface area contributed by atoms with Crippen LogP contribution in [0, 0.1) is 11.8 Å². The normalized spacial score (nSPS) is 22.6. The number of ether oxygens (including phenoxy) is 1. The molecular formula is C18H33N3O3. The predicted octanol–water partition coefficient (Wildman–Crippen LogP) is 1.16. The molecule has 138 valence electrons. The van der Waals surface area contributed by atoms with Crippen LogP contribution in [-0.4, -0.2) is 62.1 Å². The summed E-state index contributed by atoms with van der Waals surface area (Å²) in [4.78, 5) is 26.7. The van der Waals surface area contributed by atoms with Crippen LogP contribution in [0.4, 0.5) is 0 Å². The number of nitrogens with zero attached hydrogens (tertiary/aromatic N) is 1. The number of piperidine rings is 2. The lowest BCUT2D eigenvalue weighted by Gasteiger charge is -2.34. The minimum Gasteiger partial charge on any atom is -0.379 e. The standard InChI is InChI=1S/C18H33N3O3/c1-14(2)24-12-4-9-20-17(22)15-6-10-21(11-7-15)18(23)16-5-3-8-19-13-16/h14-16,19H,3-13H2,1-2H3,(H,20,22). The lowest BCUT2D eigenvalue weighted by atomic mass is 9.93. The molecule has 2 saturated heterocycles. The predicted molar refractivity (Wildman–Crippen MR) is 93.6 cm³/mol. The van der Waals surface area contributed by atoms with E-state index in [1.54, 1.807) is 0 Å². The second-order valence-corrected chi connectivity index (χ2v) is 7.21. The third-order valence-corrected chi connectivity index (χ3v) is 4.90. The number of rotatable bonds is 7. The van der Waals surface area contributed by atoms with Crippen LogP contribution in [0.3, 0.4) is 0 Å². The Balaban J connectivity index is 1.62. The molecule has 2 aliphatic rings. The summed E-state index contributed by atoms with van der Waals surface area (Å²) in [5.74, 6) is 0.576. The lowest BCUT2D eigenvalue weighted by Crippen LogP contribution is -2.48. The van der Waals surface area contributed by atoms with Gasteiger partial charge in [-0.3, -0.25) is 9.59 Å². The fraction of sp³-hybridized carbons (Fsp3) is 0.889. The van der Waals surface area contributed by atoms with Crippen LogP contribution in [-0.2, 0) is 14.3 Å². The summed E-state index contributed by atoms with van der Waals surface area (Å²) in [6.07, 6.45) is 4.71. The van der Waals surface area contributed by atoms with Gasteiger partial charge >= 0.3 is 0 Å². The zero-order chi connectivity index (χ0) is 17.4. The smallest absolute Gasteiger partial charge is 0.226 e. The number of likely N-dealkylation sites (tertiary alicyclic amines) is 1. The van der Waals surface area contributed by atoms with Gasteiger partial charge in [0.25, 0.3) is 0 Å². The SMILES string of the molecule is CC(C)OCCCNC(=O)C1CCN(C(=O)C2CCCNC2)CC1. The Morgan fingerprint density at radius 1 is 1.21 bits per heavy atom. The minimum atomic E-state index is 0.0459. The van der Waals surface area contributed by atoms with E-state index < -0.39 is 0 Å². The van der Waals surface area contributed by atoms with Crippen molar-refractivity contribution in [2.45, 2.75) is 52.1 Å². The average Bonchev–Trinajstić information content (AvgIpc) is 2.61. The Bertz CT molecular complexity index is 400. The molecule has 0 aromatic rings. The minimum absolute atomic E-state index is 0.0459. The summed E-state index contributed by atoms with van der Waals surface area (Å²) < 4.78 is 5.47. The maximum atomic E-state index is 12.5. The van der Waals surface area contributed by atoms with E-state index in [9.17, 15) is 9.59 Å². The fourth-order valence-electron chi connectivity index (χ4n) is 3.43. The first-order chi connectivity index (χ1) is 11.6. The Morgan fingerprint density at radius 3 is 2.58 bits per heavy atom. The molecule has 2 amide bonds. The van der Waals surface area contributed by atoms with Crippen LogP contribution >= 0.6 is 0 Å². The second kappa shape index (κ2) is 9.99. The third kappa shape index (κ3) is 6.06. The maximum absolute atomic E-state index is 12.5. The zero-order valence-corrected chi connectivity index (χ0v) is 15.2. The first kappa shape index (κ1) is 19.2. The Hall–Kier alpha value is -1.14. The molecule has 0 spiro atoms. The summed E-state index contributed by atoms with van der Waals surface area (Å²) in [5, 5.41) is 6.30. The van der Waals surface area contributed by atoms with Crippen LogP contribution in [0.25, 0.3) is 0 Å². The van der Waals surface area contributed by atoms with E-state index in [1.165, 1.54) is 0 Å². The molecule has 24 heavy (non-hydrogen) atoms. The highest BCUT2D eigenvalue weighted by atomic mass is 16.5. The first-order valence-electron chi connectivity index (χ1n) is 9.46. The van der Waals surface area contributed by atoms with E-state index in [-0.39, 0.29) is 29.8 Å². The average molecular weight is 339 g/mol. The Labute approximate surface area is 145 Å². The van der Waals surface area contributed by atoms with Crippen LogP contribution in [0.5, 0.6) is 0 Å². The van der Waals surface area contributed by atoms with E-state index in [2.05, 4.69) is 10.6 Å². The third-order valence-electron chi connectivity index (χ3n) is 4.90. The molecule has 2 fully saturated rings. The van der Waals surface area contributed by atoms with Gasteiger partial charge in [0.15, 0.2) is 0 Å². The second-order valence-electron chi connectivity index (χ2n) is 7.21. The monoisotopic (exact) mass is 339 g/mol. The van der Waals surface area contributed by atoms with Crippen LogP contribution in [0.15, 0.2) is 0 Å². The summed E-state index contributed by atoms with van der Waals surface area (Å²) in [6, 6.07) is 0. The van der Waals surface area contributed by atoms with Crippen molar-refractivity contribution in [2.24, 2.45) is 11.8 Å². The maximum Gasteiger partial charge on any atom is 0.226 e. The van der Waals surface area contributed by atoms with E-state index in [1.807, 2.05) is 18.7 Å². The van der Waals surface area contributed by atoms with Crippen molar-refractivity contribution in [2.75, 3.05) is 39.3 Å². The highest BCUT2D eigenvalue weighted by Gasteiger charge is 2.31. The van der Waals surface area contributed by atoms with E-state index in [4.69, 9.17) is 4.74 Å². The molecular weight excluding hydrogens is 306 g/mol. The Morgan fingerprint density at radius 2 is 1.96 bits per heavy atom. The number of carbonyl (C=O) groups excluding carboxylic acids is 2. The van der Waals surface area contributed by atoms with Gasteiger partial charge < -0.3 is 20.3 Å². The molecule has 2 rings (SSSR count). The fourth-order valence-corrected chi connectivity index (χ4v) is 3.43. The van der Waals surface area contributed by atoms with Gasteiger partial charge in [0.2, 0.25) is 11.8 Å². The van der Waals surface area contributed by atoms with Gasteiger partial charge in [-0.05, 0) is 52.5 Å². The van der Waals surface area contributed by atoms with Crippen LogP contribution < -0.4 is 10.6 Å². The summed E-state index contributed by atoms with van der Waals surface area (Å²) >= 11 is 0. The van der Waals surface area contributed by atoms with Gasteiger partial charge in [0.1, 0.15) is 0 Å².